The second-order valence-electron chi connectivity index (χ2n) is 17.2. The lowest BCUT2D eigenvalue weighted by Gasteiger charge is -2.42. The predicted octanol–water partition coefficient (Wildman–Crippen LogP) is 10.3. The molecule has 0 saturated heterocycles. The first kappa shape index (κ1) is 49.2. The average Bonchev–Trinajstić information content (AvgIpc) is 3.33. The Bertz CT molecular complexity index is 2490. The van der Waals surface area contributed by atoms with Gasteiger partial charge in [-0.2, -0.15) is 0 Å². The lowest BCUT2D eigenvalue weighted by atomic mass is 9.62. The van der Waals surface area contributed by atoms with Crippen molar-refractivity contribution in [3.8, 4) is 46.0 Å². The Labute approximate surface area is 391 Å². The fourth-order valence-corrected chi connectivity index (χ4v) is 9.54. The van der Waals surface area contributed by atoms with Crippen LogP contribution in [0.5, 0.6) is 46.0 Å². The number of benzene rings is 4. The average molecular weight is 915 g/mol. The van der Waals surface area contributed by atoms with E-state index >= 15 is 19.2 Å². The SMILES string of the molecule is COc1cccc(OC)c1C(=O)C1=CC(OC2=C(C)C(C(=O)c3c(OC)cccc3OC)C(C)(C)C(C(=O)c3c(OC)cccc3OC)=C2)=C(C)C(C(=O)c2c(OC)cccc2OC)C1(C)C. The summed E-state index contributed by atoms with van der Waals surface area (Å²) in [6.07, 6.45) is 3.21. The van der Waals surface area contributed by atoms with Crippen molar-refractivity contribution in [3.05, 3.63) is 141 Å². The number of hydrogen-bond donors (Lipinski definition) is 0. The number of carbonyl (C=O) groups is 4. The minimum atomic E-state index is -1.23. The molecule has 4 aromatic rings. The second-order valence-corrected chi connectivity index (χ2v) is 17.2. The van der Waals surface area contributed by atoms with Crippen LogP contribution in [0.3, 0.4) is 0 Å². The van der Waals surface area contributed by atoms with Crippen molar-refractivity contribution in [3.63, 3.8) is 0 Å². The van der Waals surface area contributed by atoms with Gasteiger partial charge in [0.25, 0.3) is 0 Å². The van der Waals surface area contributed by atoms with Gasteiger partial charge in [0.05, 0.1) is 68.7 Å². The Hall–Kier alpha value is -7.28. The molecule has 6 rings (SSSR count). The number of allylic oxidation sites excluding steroid dienone is 6. The molecule has 2 aliphatic carbocycles. The number of hydrogen-bond acceptors (Lipinski definition) is 13. The summed E-state index contributed by atoms with van der Waals surface area (Å²) in [7, 11) is 11.7. The van der Waals surface area contributed by atoms with Crippen LogP contribution in [0.25, 0.3) is 0 Å². The molecule has 2 aliphatic rings. The van der Waals surface area contributed by atoms with E-state index in [0.29, 0.717) is 11.1 Å². The highest BCUT2D eigenvalue weighted by Gasteiger charge is 2.50. The molecule has 0 bridgehead atoms. The third kappa shape index (κ3) is 8.54. The molecule has 0 radical (unpaired) electrons. The number of rotatable bonds is 18. The molecule has 0 spiro atoms. The van der Waals surface area contributed by atoms with Crippen LogP contribution in [0.1, 0.15) is 83.0 Å². The molecule has 0 fully saturated rings. The first-order valence-corrected chi connectivity index (χ1v) is 21.5. The molecule has 0 amide bonds. The Balaban J connectivity index is 1.67. The van der Waals surface area contributed by atoms with Crippen molar-refractivity contribution in [2.24, 2.45) is 22.7 Å². The van der Waals surface area contributed by atoms with Crippen molar-refractivity contribution >= 4 is 23.1 Å². The predicted molar refractivity (Wildman–Crippen MR) is 253 cm³/mol. The molecule has 0 heterocycles. The molecule has 0 aromatic heterocycles. The summed E-state index contributed by atoms with van der Waals surface area (Å²) in [5.41, 5.74) is -0.597. The zero-order valence-corrected chi connectivity index (χ0v) is 40.5. The maximum absolute atomic E-state index is 15.4. The van der Waals surface area contributed by atoms with Gasteiger partial charge >= 0.3 is 0 Å². The minimum absolute atomic E-state index is 0.122. The molecule has 13 heteroatoms. The minimum Gasteiger partial charge on any atom is -0.496 e. The van der Waals surface area contributed by atoms with Gasteiger partial charge in [0.2, 0.25) is 0 Å². The van der Waals surface area contributed by atoms with Gasteiger partial charge in [0.15, 0.2) is 23.1 Å². The molecule has 352 valence electrons. The van der Waals surface area contributed by atoms with Crippen LogP contribution in [0.15, 0.2) is 119 Å². The number of methoxy groups -OCH3 is 8. The van der Waals surface area contributed by atoms with Gasteiger partial charge in [-0.15, -0.1) is 0 Å². The fourth-order valence-electron chi connectivity index (χ4n) is 9.54. The van der Waals surface area contributed by atoms with Crippen LogP contribution in [0.4, 0.5) is 0 Å². The van der Waals surface area contributed by atoms with Gasteiger partial charge < -0.3 is 42.6 Å². The highest BCUT2D eigenvalue weighted by atomic mass is 16.5. The van der Waals surface area contributed by atoms with Gasteiger partial charge in [-0.05, 0) is 85.7 Å². The summed E-state index contributed by atoms with van der Waals surface area (Å²) < 4.78 is 52.7. The zero-order valence-electron chi connectivity index (χ0n) is 40.5. The van der Waals surface area contributed by atoms with Crippen molar-refractivity contribution in [1.82, 2.24) is 0 Å². The molecule has 0 saturated carbocycles. The summed E-state index contributed by atoms with van der Waals surface area (Å²) >= 11 is 0. The van der Waals surface area contributed by atoms with Crippen LogP contribution in [-0.4, -0.2) is 80.0 Å². The van der Waals surface area contributed by atoms with Gasteiger partial charge in [-0.1, -0.05) is 52.0 Å². The van der Waals surface area contributed by atoms with Gasteiger partial charge in [0, 0.05) is 22.0 Å². The third-order valence-corrected chi connectivity index (χ3v) is 12.9. The lowest BCUT2D eigenvalue weighted by molar-refractivity contribution is 0.0829. The van der Waals surface area contributed by atoms with Crippen LogP contribution >= 0.6 is 0 Å². The second kappa shape index (κ2) is 19.7. The van der Waals surface area contributed by atoms with Crippen LogP contribution in [0.2, 0.25) is 0 Å². The van der Waals surface area contributed by atoms with Crippen LogP contribution < -0.4 is 37.9 Å². The number of Topliss-reactive ketones (excluding diaryl/α,β-unsaturated/α-hetero) is 4. The molecular weight excluding hydrogens is 857 g/mol. The quantitative estimate of drug-likeness (QED) is 0.0872. The molecule has 13 nitrogen and oxygen atoms in total. The Morgan fingerprint density at radius 3 is 0.836 bits per heavy atom. The maximum Gasteiger partial charge on any atom is 0.197 e. The molecule has 0 aliphatic heterocycles. The zero-order chi connectivity index (χ0) is 49.1. The van der Waals surface area contributed by atoms with Crippen LogP contribution in [-0.2, 0) is 4.74 Å². The van der Waals surface area contributed by atoms with Gasteiger partial charge in [0.1, 0.15) is 79.8 Å². The van der Waals surface area contributed by atoms with E-state index in [1.54, 1.807) is 98.8 Å². The smallest absolute Gasteiger partial charge is 0.197 e. The summed E-state index contributed by atoms with van der Waals surface area (Å²) in [4.78, 5) is 61.2. The standard InChI is InChI=1S/C54H58O13/c1-29-41(27-31(49(55)43-33(59-7)19-15-20-34(43)60-8)53(3,4)47(29)51(57)45-37(63-11)23-17-24-38(45)64-12)67-42-28-32(50(56)44-35(61-9)21-16-22-36(44)62-10)54(5,6)48(30(42)2)52(58)46-39(65-13)25-18-26-40(46)66-14/h15-28,47-48H,1-14H3. The Morgan fingerprint density at radius 2 is 0.612 bits per heavy atom. The summed E-state index contributed by atoms with van der Waals surface area (Å²) in [6.45, 7) is 10.7. The van der Waals surface area contributed by atoms with Crippen molar-refractivity contribution in [2.45, 2.75) is 41.5 Å². The summed E-state index contributed by atoms with van der Waals surface area (Å²) in [5, 5.41) is 0. The fraction of sp³-hybridized carbons (Fsp3) is 0.333. The first-order valence-electron chi connectivity index (χ1n) is 21.5. The van der Waals surface area contributed by atoms with E-state index in [9.17, 15) is 0 Å². The van der Waals surface area contributed by atoms with Crippen molar-refractivity contribution in [2.75, 3.05) is 56.9 Å². The molecule has 2 atom stereocenters. The molecular formula is C54H58O13. The summed E-state index contributed by atoms with van der Waals surface area (Å²) in [5.74, 6) is -1.62. The van der Waals surface area contributed by atoms with Crippen molar-refractivity contribution < 1.29 is 61.8 Å². The van der Waals surface area contributed by atoms with E-state index < -0.39 is 45.8 Å². The third-order valence-electron chi connectivity index (χ3n) is 12.9. The normalized spacial score (nSPS) is 17.3. The van der Waals surface area contributed by atoms with E-state index in [-0.39, 0.29) is 90.9 Å². The summed E-state index contributed by atoms with van der Waals surface area (Å²) in [6, 6.07) is 20.1. The first-order chi connectivity index (χ1) is 31.9. The Kier molecular flexibility index (Phi) is 14.4. The van der Waals surface area contributed by atoms with E-state index in [1.807, 2.05) is 27.7 Å². The Morgan fingerprint density at radius 1 is 0.388 bits per heavy atom. The topological polar surface area (TPSA) is 151 Å². The number of ketones is 4. The van der Waals surface area contributed by atoms with Gasteiger partial charge in [-0.3, -0.25) is 19.2 Å². The molecule has 67 heavy (non-hydrogen) atoms. The molecule has 4 aromatic carbocycles. The van der Waals surface area contributed by atoms with E-state index in [0.717, 1.165) is 0 Å². The van der Waals surface area contributed by atoms with Gasteiger partial charge in [-0.25, -0.2) is 0 Å². The van der Waals surface area contributed by atoms with Crippen LogP contribution in [0, 0.1) is 22.7 Å². The molecule has 2 unspecified atom stereocenters. The maximum atomic E-state index is 15.4. The highest BCUT2D eigenvalue weighted by molar-refractivity contribution is 6.16. The largest absolute Gasteiger partial charge is 0.496 e. The highest BCUT2D eigenvalue weighted by Crippen LogP contribution is 2.53. The van der Waals surface area contributed by atoms with Crippen molar-refractivity contribution in [1.29, 1.82) is 0 Å². The monoisotopic (exact) mass is 914 g/mol. The van der Waals surface area contributed by atoms with E-state index in [1.165, 1.54) is 56.9 Å². The van der Waals surface area contributed by atoms with E-state index in [2.05, 4.69) is 0 Å². The number of carbonyl (C=O) groups excluding carboxylic acids is 4. The number of ether oxygens (including phenoxy) is 9. The molecule has 0 N–H and O–H groups in total. The lowest BCUT2D eigenvalue weighted by Crippen LogP contribution is -2.40. The van der Waals surface area contributed by atoms with E-state index in [4.69, 9.17) is 42.6 Å².